The molecule has 0 bridgehead atoms. The monoisotopic (exact) mass is 263 g/mol. The number of pyridine rings is 1. The van der Waals surface area contributed by atoms with E-state index < -0.39 is 17.9 Å². The molecule has 2 heterocycles. The van der Waals surface area contributed by atoms with Gasteiger partial charge in [0, 0.05) is 12.6 Å². The fraction of sp³-hybridized carbons (Fsp3) is 0.333. The maximum atomic E-state index is 12.0. The first-order valence-electron chi connectivity index (χ1n) is 5.74. The number of methoxy groups -OCH3 is 1. The second-order valence-electron chi connectivity index (χ2n) is 4.05. The molecular formula is C12H13N3O4. The van der Waals surface area contributed by atoms with E-state index in [0.29, 0.717) is 17.7 Å². The van der Waals surface area contributed by atoms with Crippen LogP contribution in [0.2, 0.25) is 0 Å². The molecule has 0 saturated carbocycles. The fourth-order valence-corrected chi connectivity index (χ4v) is 1.80. The number of hydrogen-bond acceptors (Lipinski definition) is 5. The number of carbonyl (C=O) groups is 3. The summed E-state index contributed by atoms with van der Waals surface area (Å²) in [5.74, 6) is -0.921. The summed E-state index contributed by atoms with van der Waals surface area (Å²) in [5.41, 5.74) is 0.294. The number of imide groups is 1. The zero-order valence-corrected chi connectivity index (χ0v) is 10.3. The average molecular weight is 263 g/mol. The van der Waals surface area contributed by atoms with Crippen LogP contribution in [0.5, 0.6) is 5.75 Å². The van der Waals surface area contributed by atoms with Gasteiger partial charge in [-0.25, -0.2) is 0 Å². The molecule has 1 atom stereocenters. The van der Waals surface area contributed by atoms with Crippen molar-refractivity contribution in [2.75, 3.05) is 7.11 Å². The molecule has 7 nitrogen and oxygen atoms in total. The predicted molar refractivity (Wildman–Crippen MR) is 64.4 cm³/mol. The smallest absolute Gasteiger partial charge is 0.255 e. The maximum Gasteiger partial charge on any atom is 0.255 e. The van der Waals surface area contributed by atoms with Gasteiger partial charge in [-0.05, 0) is 12.5 Å². The molecular weight excluding hydrogens is 250 g/mol. The molecule has 19 heavy (non-hydrogen) atoms. The van der Waals surface area contributed by atoms with Crippen LogP contribution in [0.15, 0.2) is 18.5 Å². The third-order valence-corrected chi connectivity index (χ3v) is 2.79. The van der Waals surface area contributed by atoms with E-state index in [-0.39, 0.29) is 12.3 Å². The van der Waals surface area contributed by atoms with Gasteiger partial charge < -0.3 is 10.1 Å². The maximum absolute atomic E-state index is 12.0. The summed E-state index contributed by atoms with van der Waals surface area (Å²) in [7, 11) is 1.43. The number of ether oxygens (including phenoxy) is 1. The van der Waals surface area contributed by atoms with Crippen molar-refractivity contribution in [3.8, 4) is 5.75 Å². The van der Waals surface area contributed by atoms with Gasteiger partial charge in [-0.3, -0.25) is 24.7 Å². The molecule has 3 amide bonds. The van der Waals surface area contributed by atoms with Gasteiger partial charge in [0.25, 0.3) is 5.91 Å². The molecule has 0 aliphatic carbocycles. The van der Waals surface area contributed by atoms with Gasteiger partial charge in [0.1, 0.15) is 11.8 Å². The first-order chi connectivity index (χ1) is 9.11. The molecule has 100 valence electrons. The minimum atomic E-state index is -0.705. The van der Waals surface area contributed by atoms with E-state index in [2.05, 4.69) is 15.6 Å². The van der Waals surface area contributed by atoms with Crippen LogP contribution in [-0.2, 0) is 9.59 Å². The predicted octanol–water partition coefficient (Wildman–Crippen LogP) is -0.375. The Morgan fingerprint density at radius 1 is 1.53 bits per heavy atom. The summed E-state index contributed by atoms with van der Waals surface area (Å²) in [6, 6.07) is 0.795. The number of nitrogens with one attached hydrogen (secondary N) is 2. The summed E-state index contributed by atoms with van der Waals surface area (Å²) in [5, 5.41) is 4.75. The first-order valence-corrected chi connectivity index (χ1v) is 5.74. The SMILES string of the molecule is COc1cnccc1C(=O)NC1CCC(=O)NC1=O. The van der Waals surface area contributed by atoms with Crippen LogP contribution in [0.4, 0.5) is 0 Å². The van der Waals surface area contributed by atoms with Crippen molar-refractivity contribution < 1.29 is 19.1 Å². The summed E-state index contributed by atoms with van der Waals surface area (Å²) in [4.78, 5) is 38.4. The number of piperidine rings is 1. The Morgan fingerprint density at radius 3 is 3.00 bits per heavy atom. The number of carbonyl (C=O) groups excluding carboxylic acids is 3. The Labute approximate surface area is 109 Å². The number of nitrogens with zero attached hydrogens (tertiary/aromatic N) is 1. The summed E-state index contributed by atoms with van der Waals surface area (Å²) in [6.07, 6.45) is 3.38. The van der Waals surface area contributed by atoms with Gasteiger partial charge >= 0.3 is 0 Å². The second-order valence-corrected chi connectivity index (χ2v) is 4.05. The molecule has 1 aromatic heterocycles. The van der Waals surface area contributed by atoms with Crippen molar-refractivity contribution in [2.24, 2.45) is 0 Å². The number of rotatable bonds is 3. The van der Waals surface area contributed by atoms with Crippen molar-refractivity contribution in [1.29, 1.82) is 0 Å². The molecule has 2 rings (SSSR count). The molecule has 1 unspecified atom stereocenters. The highest BCUT2D eigenvalue weighted by molar-refractivity contribution is 6.04. The highest BCUT2D eigenvalue weighted by atomic mass is 16.5. The molecule has 0 aromatic carbocycles. The summed E-state index contributed by atoms with van der Waals surface area (Å²) < 4.78 is 5.02. The summed E-state index contributed by atoms with van der Waals surface area (Å²) >= 11 is 0. The Balaban J connectivity index is 2.09. The summed E-state index contributed by atoms with van der Waals surface area (Å²) in [6.45, 7) is 0. The quantitative estimate of drug-likeness (QED) is 0.725. The highest BCUT2D eigenvalue weighted by Crippen LogP contribution is 2.16. The molecule has 2 N–H and O–H groups in total. The van der Waals surface area contributed by atoms with Crippen LogP contribution in [0.1, 0.15) is 23.2 Å². The van der Waals surface area contributed by atoms with Crippen LogP contribution in [0.25, 0.3) is 0 Å². The third-order valence-electron chi connectivity index (χ3n) is 2.79. The van der Waals surface area contributed by atoms with E-state index in [1.807, 2.05) is 0 Å². The fourth-order valence-electron chi connectivity index (χ4n) is 1.80. The van der Waals surface area contributed by atoms with Crippen molar-refractivity contribution in [3.63, 3.8) is 0 Å². The molecule has 7 heteroatoms. The van der Waals surface area contributed by atoms with E-state index in [1.165, 1.54) is 25.6 Å². The Hall–Kier alpha value is -2.44. The van der Waals surface area contributed by atoms with E-state index in [4.69, 9.17) is 4.74 Å². The minimum Gasteiger partial charge on any atom is -0.494 e. The molecule has 1 aromatic rings. The van der Waals surface area contributed by atoms with Crippen molar-refractivity contribution in [2.45, 2.75) is 18.9 Å². The van der Waals surface area contributed by atoms with Crippen LogP contribution in [0, 0.1) is 0 Å². The van der Waals surface area contributed by atoms with Gasteiger partial charge in [-0.15, -0.1) is 0 Å². The Bertz CT molecular complexity index is 529. The lowest BCUT2D eigenvalue weighted by atomic mass is 10.1. The van der Waals surface area contributed by atoms with E-state index in [0.717, 1.165) is 0 Å². The molecule has 0 radical (unpaired) electrons. The van der Waals surface area contributed by atoms with Gasteiger partial charge in [-0.2, -0.15) is 0 Å². The lowest BCUT2D eigenvalue weighted by molar-refractivity contribution is -0.134. The highest BCUT2D eigenvalue weighted by Gasteiger charge is 2.28. The average Bonchev–Trinajstić information content (AvgIpc) is 2.41. The molecule has 1 fully saturated rings. The lowest BCUT2D eigenvalue weighted by Crippen LogP contribution is -2.52. The van der Waals surface area contributed by atoms with Crippen molar-refractivity contribution in [1.82, 2.24) is 15.6 Å². The number of amides is 3. The van der Waals surface area contributed by atoms with Gasteiger partial charge in [0.15, 0.2) is 0 Å². The van der Waals surface area contributed by atoms with Crippen LogP contribution >= 0.6 is 0 Å². The standard InChI is InChI=1S/C12H13N3O4/c1-19-9-6-13-5-4-7(9)11(17)14-8-2-3-10(16)15-12(8)18/h4-6,8H,2-3H2,1H3,(H,14,17)(H,15,16,18). The van der Waals surface area contributed by atoms with Crippen molar-refractivity contribution in [3.05, 3.63) is 24.0 Å². The number of hydrogen-bond donors (Lipinski definition) is 2. The normalized spacial score (nSPS) is 18.7. The van der Waals surface area contributed by atoms with Gasteiger partial charge in [-0.1, -0.05) is 0 Å². The van der Waals surface area contributed by atoms with Crippen molar-refractivity contribution >= 4 is 17.7 Å². The van der Waals surface area contributed by atoms with E-state index >= 15 is 0 Å². The molecule has 1 saturated heterocycles. The Kier molecular flexibility index (Phi) is 3.74. The van der Waals surface area contributed by atoms with Crippen LogP contribution < -0.4 is 15.4 Å². The third kappa shape index (κ3) is 2.87. The lowest BCUT2D eigenvalue weighted by Gasteiger charge is -2.22. The number of aromatic nitrogens is 1. The molecule has 1 aliphatic heterocycles. The van der Waals surface area contributed by atoms with E-state index in [1.54, 1.807) is 0 Å². The Morgan fingerprint density at radius 2 is 2.32 bits per heavy atom. The van der Waals surface area contributed by atoms with Crippen LogP contribution in [0.3, 0.4) is 0 Å². The largest absolute Gasteiger partial charge is 0.494 e. The van der Waals surface area contributed by atoms with Gasteiger partial charge in [0.05, 0.1) is 18.9 Å². The van der Waals surface area contributed by atoms with Gasteiger partial charge in [0.2, 0.25) is 11.8 Å². The van der Waals surface area contributed by atoms with Crippen LogP contribution in [-0.4, -0.2) is 35.9 Å². The zero-order chi connectivity index (χ0) is 13.8. The first kappa shape index (κ1) is 13.0. The topological polar surface area (TPSA) is 97.4 Å². The molecule has 1 aliphatic rings. The molecule has 0 spiro atoms. The zero-order valence-electron chi connectivity index (χ0n) is 10.3. The second kappa shape index (κ2) is 5.47. The van der Waals surface area contributed by atoms with E-state index in [9.17, 15) is 14.4 Å². The minimum absolute atomic E-state index is 0.212.